The number of H-pyrrole nitrogens is 1. The summed E-state index contributed by atoms with van der Waals surface area (Å²) in [4.78, 5) is 14.7. The molecule has 0 saturated heterocycles. The van der Waals surface area contributed by atoms with Crippen molar-refractivity contribution < 1.29 is 9.53 Å². The third-order valence-corrected chi connectivity index (χ3v) is 3.51. The largest absolute Gasteiger partial charge is 0.497 e. The zero-order valence-corrected chi connectivity index (χ0v) is 11.6. The van der Waals surface area contributed by atoms with Gasteiger partial charge in [-0.2, -0.15) is 0 Å². The summed E-state index contributed by atoms with van der Waals surface area (Å²) in [6.45, 7) is 0. The summed E-state index contributed by atoms with van der Waals surface area (Å²) < 4.78 is 5.20. The molecule has 0 amide bonds. The molecule has 0 aliphatic rings. The molecule has 0 spiro atoms. The van der Waals surface area contributed by atoms with Gasteiger partial charge < -0.3 is 9.72 Å². The van der Waals surface area contributed by atoms with Gasteiger partial charge in [0.2, 0.25) is 0 Å². The molecule has 3 rings (SSSR count). The SMILES string of the molecule is COc1ccc2[nH]c(-c3cccc(Cl)c3)c(C=O)c2c1. The van der Waals surface area contributed by atoms with E-state index in [-0.39, 0.29) is 0 Å². The van der Waals surface area contributed by atoms with Crippen molar-refractivity contribution in [1.29, 1.82) is 0 Å². The smallest absolute Gasteiger partial charge is 0.152 e. The number of ether oxygens (including phenoxy) is 1. The van der Waals surface area contributed by atoms with Crippen LogP contribution in [0.1, 0.15) is 10.4 Å². The molecule has 0 bridgehead atoms. The zero-order chi connectivity index (χ0) is 14.1. The van der Waals surface area contributed by atoms with Crippen LogP contribution < -0.4 is 4.74 Å². The average molecular weight is 286 g/mol. The Morgan fingerprint density at radius 3 is 2.75 bits per heavy atom. The predicted octanol–water partition coefficient (Wildman–Crippen LogP) is 4.31. The molecule has 0 radical (unpaired) electrons. The monoisotopic (exact) mass is 285 g/mol. The molecule has 0 fully saturated rings. The standard InChI is InChI=1S/C16H12ClNO2/c1-20-12-5-6-15-13(8-12)14(9-19)16(18-15)10-3-2-4-11(17)7-10/h2-9,18H,1H3. The number of aldehydes is 1. The van der Waals surface area contributed by atoms with Gasteiger partial charge in [0.05, 0.1) is 12.8 Å². The second-order valence-electron chi connectivity index (χ2n) is 4.45. The summed E-state index contributed by atoms with van der Waals surface area (Å²) in [5.74, 6) is 0.720. The fourth-order valence-corrected chi connectivity index (χ4v) is 2.50. The van der Waals surface area contributed by atoms with E-state index in [0.29, 0.717) is 10.6 Å². The Hall–Kier alpha value is -2.26. The van der Waals surface area contributed by atoms with E-state index < -0.39 is 0 Å². The molecule has 1 N–H and O–H groups in total. The number of fused-ring (bicyclic) bond motifs is 1. The number of hydrogen-bond donors (Lipinski definition) is 1. The van der Waals surface area contributed by atoms with Gasteiger partial charge >= 0.3 is 0 Å². The molecular weight excluding hydrogens is 274 g/mol. The minimum absolute atomic E-state index is 0.612. The number of benzene rings is 2. The van der Waals surface area contributed by atoms with Crippen molar-refractivity contribution in [3.05, 3.63) is 53.1 Å². The van der Waals surface area contributed by atoms with Gasteiger partial charge in [-0.25, -0.2) is 0 Å². The van der Waals surface area contributed by atoms with Crippen molar-refractivity contribution in [2.45, 2.75) is 0 Å². The molecule has 0 unspecified atom stereocenters. The molecule has 0 aliphatic heterocycles. The maximum atomic E-state index is 11.5. The summed E-state index contributed by atoms with van der Waals surface area (Å²) in [7, 11) is 1.60. The number of aromatic nitrogens is 1. The Morgan fingerprint density at radius 1 is 1.20 bits per heavy atom. The maximum absolute atomic E-state index is 11.5. The minimum atomic E-state index is 0.612. The van der Waals surface area contributed by atoms with Gasteiger partial charge in [-0.15, -0.1) is 0 Å². The van der Waals surface area contributed by atoms with E-state index in [1.807, 2.05) is 36.4 Å². The number of carbonyl (C=O) groups is 1. The number of methoxy groups -OCH3 is 1. The first-order valence-electron chi connectivity index (χ1n) is 6.14. The molecule has 0 atom stereocenters. The summed E-state index contributed by atoms with van der Waals surface area (Å²) in [5.41, 5.74) is 3.16. The van der Waals surface area contributed by atoms with E-state index in [0.717, 1.165) is 34.2 Å². The van der Waals surface area contributed by atoms with Crippen LogP contribution in [-0.2, 0) is 0 Å². The van der Waals surface area contributed by atoms with E-state index in [1.54, 1.807) is 13.2 Å². The second-order valence-corrected chi connectivity index (χ2v) is 4.89. The highest BCUT2D eigenvalue weighted by atomic mass is 35.5. The topological polar surface area (TPSA) is 42.1 Å². The highest BCUT2D eigenvalue weighted by Gasteiger charge is 2.13. The molecule has 1 aromatic heterocycles. The Bertz CT molecular complexity index is 792. The van der Waals surface area contributed by atoms with Gasteiger partial charge in [0, 0.05) is 27.1 Å². The van der Waals surface area contributed by atoms with Crippen molar-refractivity contribution in [3.63, 3.8) is 0 Å². The number of nitrogens with one attached hydrogen (secondary N) is 1. The number of hydrogen-bond acceptors (Lipinski definition) is 2. The van der Waals surface area contributed by atoms with E-state index in [1.165, 1.54) is 0 Å². The van der Waals surface area contributed by atoms with E-state index in [2.05, 4.69) is 4.98 Å². The lowest BCUT2D eigenvalue weighted by Crippen LogP contribution is -1.85. The molecule has 0 saturated carbocycles. The summed E-state index contributed by atoms with van der Waals surface area (Å²) >= 11 is 6.01. The number of halogens is 1. The van der Waals surface area contributed by atoms with Crippen molar-refractivity contribution in [2.24, 2.45) is 0 Å². The molecular formula is C16H12ClNO2. The van der Waals surface area contributed by atoms with Crippen LogP contribution in [0.4, 0.5) is 0 Å². The Labute approximate surface area is 121 Å². The zero-order valence-electron chi connectivity index (χ0n) is 10.8. The van der Waals surface area contributed by atoms with Crippen LogP contribution in [0.5, 0.6) is 5.75 Å². The van der Waals surface area contributed by atoms with Crippen LogP contribution in [0.15, 0.2) is 42.5 Å². The number of aromatic amines is 1. The first-order chi connectivity index (χ1) is 9.72. The molecule has 3 nitrogen and oxygen atoms in total. The molecule has 1 heterocycles. The van der Waals surface area contributed by atoms with Gasteiger partial charge in [-0.1, -0.05) is 23.7 Å². The van der Waals surface area contributed by atoms with Crippen LogP contribution in [0.3, 0.4) is 0 Å². The Morgan fingerprint density at radius 2 is 2.05 bits per heavy atom. The lowest BCUT2D eigenvalue weighted by molar-refractivity contribution is 0.112. The second kappa shape index (κ2) is 5.02. The minimum Gasteiger partial charge on any atom is -0.497 e. The van der Waals surface area contributed by atoms with Crippen molar-refractivity contribution >= 4 is 28.8 Å². The van der Waals surface area contributed by atoms with Gasteiger partial charge in [0.1, 0.15) is 5.75 Å². The van der Waals surface area contributed by atoms with E-state index >= 15 is 0 Å². The third kappa shape index (κ3) is 2.06. The Kier molecular flexibility index (Phi) is 3.20. The van der Waals surface area contributed by atoms with Crippen LogP contribution >= 0.6 is 11.6 Å². The third-order valence-electron chi connectivity index (χ3n) is 3.28. The molecule has 4 heteroatoms. The fraction of sp³-hybridized carbons (Fsp3) is 0.0625. The fourth-order valence-electron chi connectivity index (χ4n) is 2.31. The van der Waals surface area contributed by atoms with E-state index in [9.17, 15) is 4.79 Å². The van der Waals surface area contributed by atoms with Gasteiger partial charge in [-0.05, 0) is 30.3 Å². The lowest BCUT2D eigenvalue weighted by Gasteiger charge is -2.00. The first-order valence-corrected chi connectivity index (χ1v) is 6.51. The summed E-state index contributed by atoms with van der Waals surface area (Å²) in [6, 6.07) is 13.0. The van der Waals surface area contributed by atoms with Crippen molar-refractivity contribution in [3.8, 4) is 17.0 Å². The summed E-state index contributed by atoms with van der Waals surface area (Å²) in [5, 5.41) is 1.48. The van der Waals surface area contributed by atoms with Gasteiger partial charge in [0.15, 0.2) is 6.29 Å². The van der Waals surface area contributed by atoms with Crippen LogP contribution in [-0.4, -0.2) is 18.4 Å². The summed E-state index contributed by atoms with van der Waals surface area (Å²) in [6.07, 6.45) is 0.856. The van der Waals surface area contributed by atoms with Crippen LogP contribution in [0.2, 0.25) is 5.02 Å². The Balaban J connectivity index is 2.28. The van der Waals surface area contributed by atoms with Crippen molar-refractivity contribution in [2.75, 3.05) is 7.11 Å². The highest BCUT2D eigenvalue weighted by molar-refractivity contribution is 6.30. The molecule has 100 valence electrons. The van der Waals surface area contributed by atoms with Crippen LogP contribution in [0.25, 0.3) is 22.2 Å². The average Bonchev–Trinajstić information content (AvgIpc) is 2.84. The van der Waals surface area contributed by atoms with Crippen molar-refractivity contribution in [1.82, 2.24) is 4.98 Å². The quantitative estimate of drug-likeness (QED) is 0.729. The first kappa shape index (κ1) is 12.8. The highest BCUT2D eigenvalue weighted by Crippen LogP contribution is 2.32. The maximum Gasteiger partial charge on any atom is 0.152 e. The number of rotatable bonds is 3. The normalized spacial score (nSPS) is 10.7. The van der Waals surface area contributed by atoms with Gasteiger partial charge in [0.25, 0.3) is 0 Å². The molecule has 20 heavy (non-hydrogen) atoms. The molecule has 0 aliphatic carbocycles. The van der Waals surface area contributed by atoms with Gasteiger partial charge in [-0.3, -0.25) is 4.79 Å². The lowest BCUT2D eigenvalue weighted by atomic mass is 10.1. The number of carbonyl (C=O) groups excluding carboxylic acids is 1. The van der Waals surface area contributed by atoms with E-state index in [4.69, 9.17) is 16.3 Å². The predicted molar refractivity (Wildman–Crippen MR) is 80.7 cm³/mol. The molecule has 3 aromatic rings. The van der Waals surface area contributed by atoms with Crippen LogP contribution in [0, 0.1) is 0 Å². The molecule has 2 aromatic carbocycles.